The Morgan fingerprint density at radius 1 is 1.64 bits per heavy atom. The van der Waals surface area contributed by atoms with Crippen LogP contribution in [0, 0.1) is 11.8 Å². The lowest BCUT2D eigenvalue weighted by atomic mass is 10.3. The lowest BCUT2D eigenvalue weighted by Crippen LogP contribution is -2.37. The van der Waals surface area contributed by atoms with Crippen LogP contribution in [0.25, 0.3) is 0 Å². The van der Waals surface area contributed by atoms with Crippen LogP contribution in [0.15, 0.2) is 0 Å². The summed E-state index contributed by atoms with van der Waals surface area (Å²) in [7, 11) is 0. The maximum atomic E-state index is 12.1. The summed E-state index contributed by atoms with van der Waals surface area (Å²) in [6, 6.07) is 0. The highest BCUT2D eigenvalue weighted by Gasteiger charge is 2.31. The number of amides is 1. The number of hydrogen-bond donors (Lipinski definition) is 1. The molecule has 0 radical (unpaired) electrons. The van der Waals surface area contributed by atoms with Crippen molar-refractivity contribution in [2.24, 2.45) is 0 Å². The van der Waals surface area contributed by atoms with Crippen molar-refractivity contribution in [1.82, 2.24) is 5.32 Å². The van der Waals surface area contributed by atoms with Crippen LogP contribution in [-0.4, -0.2) is 18.4 Å². The number of carbonyl (C=O) groups is 1. The molecule has 0 bridgehead atoms. The van der Waals surface area contributed by atoms with Crippen LogP contribution in [0.2, 0.25) is 0 Å². The molecule has 0 saturated carbocycles. The number of halogens is 2. The Kier molecular flexibility index (Phi) is 3.52. The molecule has 0 aromatic carbocycles. The van der Waals surface area contributed by atoms with Gasteiger partial charge in [-0.2, -0.15) is 8.78 Å². The van der Waals surface area contributed by atoms with Crippen LogP contribution < -0.4 is 5.32 Å². The van der Waals surface area contributed by atoms with Gasteiger partial charge in [0.25, 0.3) is 5.91 Å². The van der Waals surface area contributed by atoms with Crippen LogP contribution >= 0.6 is 0 Å². The summed E-state index contributed by atoms with van der Waals surface area (Å²) in [5.41, 5.74) is 0. The topological polar surface area (TPSA) is 29.1 Å². The first-order chi connectivity index (χ1) is 4.98. The molecule has 0 heterocycles. The van der Waals surface area contributed by atoms with Gasteiger partial charge in [0.05, 0.1) is 6.54 Å². The van der Waals surface area contributed by atoms with E-state index in [0.717, 1.165) is 0 Å². The first-order valence-electron chi connectivity index (χ1n) is 3.04. The minimum atomic E-state index is -3.31. The zero-order valence-electron chi connectivity index (χ0n) is 6.37. The number of carbonyl (C=O) groups excluding carboxylic acids is 1. The van der Waals surface area contributed by atoms with E-state index < -0.39 is 11.8 Å². The second kappa shape index (κ2) is 3.91. The smallest absolute Gasteiger partial charge is 0.321 e. The summed E-state index contributed by atoms with van der Waals surface area (Å²) >= 11 is 0. The molecular formula is C7H9F2NO. The molecule has 0 fully saturated rings. The van der Waals surface area contributed by atoms with Crippen molar-refractivity contribution >= 4 is 5.91 Å². The van der Waals surface area contributed by atoms with E-state index in [1.54, 1.807) is 6.92 Å². The molecule has 1 amide bonds. The van der Waals surface area contributed by atoms with E-state index in [1.807, 2.05) is 5.32 Å². The zero-order chi connectivity index (χ0) is 8.91. The minimum absolute atomic E-state index is 0.0290. The second-order valence-electron chi connectivity index (χ2n) is 2.00. The maximum Gasteiger partial charge on any atom is 0.321 e. The zero-order valence-corrected chi connectivity index (χ0v) is 6.37. The van der Waals surface area contributed by atoms with E-state index in [2.05, 4.69) is 11.8 Å². The molecule has 4 heteroatoms. The van der Waals surface area contributed by atoms with Gasteiger partial charge in [0, 0.05) is 6.92 Å². The average molecular weight is 161 g/mol. The highest BCUT2D eigenvalue weighted by atomic mass is 19.3. The number of alkyl halides is 2. The molecule has 62 valence electrons. The van der Waals surface area contributed by atoms with Gasteiger partial charge in [0.15, 0.2) is 0 Å². The molecule has 0 aliphatic heterocycles. The summed E-state index contributed by atoms with van der Waals surface area (Å²) in [4.78, 5) is 10.4. The summed E-state index contributed by atoms with van der Waals surface area (Å²) in [6.07, 6.45) is 0. The second-order valence-corrected chi connectivity index (χ2v) is 2.00. The van der Waals surface area contributed by atoms with E-state index in [1.165, 1.54) is 0 Å². The van der Waals surface area contributed by atoms with Crippen molar-refractivity contribution in [3.63, 3.8) is 0 Å². The monoisotopic (exact) mass is 161 g/mol. The maximum absolute atomic E-state index is 12.1. The summed E-state index contributed by atoms with van der Waals surface area (Å²) < 4.78 is 24.2. The van der Waals surface area contributed by atoms with E-state index in [-0.39, 0.29) is 6.54 Å². The standard InChI is InChI=1S/C7H9F2NO/c1-3-4-5-10-6(11)7(2,8)9/h5H2,1-2H3,(H,10,11). The van der Waals surface area contributed by atoms with Crippen molar-refractivity contribution in [3.8, 4) is 11.8 Å². The molecule has 1 N–H and O–H groups in total. The lowest BCUT2D eigenvalue weighted by molar-refractivity contribution is -0.142. The fourth-order valence-electron chi connectivity index (χ4n) is 0.368. The predicted molar refractivity (Wildman–Crippen MR) is 37.1 cm³/mol. The summed E-state index contributed by atoms with van der Waals surface area (Å²) in [6.45, 7) is 2.08. The number of hydrogen-bond acceptors (Lipinski definition) is 1. The third kappa shape index (κ3) is 4.31. The Morgan fingerprint density at radius 3 is 2.55 bits per heavy atom. The Labute approximate surface area is 64.0 Å². The quantitative estimate of drug-likeness (QED) is 0.596. The largest absolute Gasteiger partial charge is 0.340 e. The minimum Gasteiger partial charge on any atom is -0.340 e. The molecule has 0 aromatic heterocycles. The van der Waals surface area contributed by atoms with E-state index in [4.69, 9.17) is 0 Å². The van der Waals surface area contributed by atoms with Gasteiger partial charge in [-0.25, -0.2) is 0 Å². The van der Waals surface area contributed by atoms with Crippen molar-refractivity contribution in [3.05, 3.63) is 0 Å². The first kappa shape index (κ1) is 9.89. The normalized spacial score (nSPS) is 9.82. The van der Waals surface area contributed by atoms with Crippen LogP contribution in [0.5, 0.6) is 0 Å². The molecule has 0 unspecified atom stereocenters. The molecule has 0 atom stereocenters. The molecule has 0 spiro atoms. The first-order valence-corrected chi connectivity index (χ1v) is 3.04. The Bertz CT molecular complexity index is 197. The predicted octanol–water partition coefficient (Wildman–Crippen LogP) is 0.781. The molecule has 0 rings (SSSR count). The molecule has 0 aliphatic carbocycles. The van der Waals surface area contributed by atoms with Gasteiger partial charge in [-0.15, -0.1) is 5.92 Å². The van der Waals surface area contributed by atoms with Crippen molar-refractivity contribution in [1.29, 1.82) is 0 Å². The fourth-order valence-corrected chi connectivity index (χ4v) is 0.368. The summed E-state index contributed by atoms with van der Waals surface area (Å²) in [5, 5.41) is 1.96. The highest BCUT2D eigenvalue weighted by molar-refractivity contribution is 5.82. The fraction of sp³-hybridized carbons (Fsp3) is 0.571. The Hall–Kier alpha value is -1.11. The van der Waals surface area contributed by atoms with E-state index in [9.17, 15) is 13.6 Å². The van der Waals surface area contributed by atoms with Gasteiger partial charge in [0.2, 0.25) is 0 Å². The van der Waals surface area contributed by atoms with Gasteiger partial charge in [-0.3, -0.25) is 4.79 Å². The van der Waals surface area contributed by atoms with Gasteiger partial charge in [-0.1, -0.05) is 5.92 Å². The number of nitrogens with one attached hydrogen (secondary N) is 1. The molecule has 2 nitrogen and oxygen atoms in total. The molecule has 11 heavy (non-hydrogen) atoms. The highest BCUT2D eigenvalue weighted by Crippen LogP contribution is 2.10. The third-order valence-electron chi connectivity index (χ3n) is 0.913. The molecule has 0 aliphatic rings. The van der Waals surface area contributed by atoms with Crippen molar-refractivity contribution in [2.45, 2.75) is 19.8 Å². The molecule has 0 saturated heterocycles. The van der Waals surface area contributed by atoms with Crippen LogP contribution in [0.1, 0.15) is 13.8 Å². The van der Waals surface area contributed by atoms with Crippen molar-refractivity contribution < 1.29 is 13.6 Å². The number of rotatable bonds is 2. The van der Waals surface area contributed by atoms with Gasteiger partial charge < -0.3 is 5.32 Å². The van der Waals surface area contributed by atoms with Crippen molar-refractivity contribution in [2.75, 3.05) is 6.54 Å². The Balaban J connectivity index is 3.77. The van der Waals surface area contributed by atoms with Gasteiger partial charge >= 0.3 is 5.92 Å². The van der Waals surface area contributed by atoms with Crippen LogP contribution in [0.4, 0.5) is 8.78 Å². The third-order valence-corrected chi connectivity index (χ3v) is 0.913. The van der Waals surface area contributed by atoms with Crippen LogP contribution in [-0.2, 0) is 4.79 Å². The SMILES string of the molecule is CC#CCNC(=O)C(C)(F)F. The van der Waals surface area contributed by atoms with E-state index in [0.29, 0.717) is 6.92 Å². The molecular weight excluding hydrogens is 152 g/mol. The Morgan fingerprint density at radius 2 is 2.18 bits per heavy atom. The van der Waals surface area contributed by atoms with Crippen LogP contribution in [0.3, 0.4) is 0 Å². The molecule has 0 aromatic rings. The summed E-state index contributed by atoms with van der Waals surface area (Å²) in [5.74, 6) is 0.299. The lowest BCUT2D eigenvalue weighted by Gasteiger charge is -2.07. The van der Waals surface area contributed by atoms with Gasteiger partial charge in [-0.05, 0) is 6.92 Å². The van der Waals surface area contributed by atoms with Gasteiger partial charge in [0.1, 0.15) is 0 Å². The van der Waals surface area contributed by atoms with E-state index >= 15 is 0 Å². The average Bonchev–Trinajstić information content (AvgIpc) is 1.86.